The second-order valence-corrected chi connectivity index (χ2v) is 6.52. The number of fused-ring (bicyclic) bond motifs is 1. The first-order chi connectivity index (χ1) is 12.1. The van der Waals surface area contributed by atoms with Gasteiger partial charge in [0, 0.05) is 32.3 Å². The molecule has 2 aromatic heterocycles. The van der Waals surface area contributed by atoms with Gasteiger partial charge in [-0.25, -0.2) is 0 Å². The number of rotatable bonds is 6. The predicted molar refractivity (Wildman–Crippen MR) is 92.1 cm³/mol. The molecule has 1 unspecified atom stereocenters. The smallest absolute Gasteiger partial charge is 0.272 e. The molecule has 3 heterocycles. The number of amides is 1. The SMILES string of the molecule is CN(C)CCOCC1CN(C(=O)c2ccccn2)Cc2nnn(C)c21. The standard InChI is InChI=1S/C17H24N6O2/c1-21(2)8-9-25-12-13-10-23(11-15-16(13)22(3)20-19-15)17(24)14-6-4-5-7-18-14/h4-7,13H,8-12H2,1-3H3. The van der Waals surface area contributed by atoms with Crippen LogP contribution in [0.15, 0.2) is 24.4 Å². The number of ether oxygens (including phenoxy) is 1. The quantitative estimate of drug-likeness (QED) is 0.712. The van der Waals surface area contributed by atoms with Crippen LogP contribution >= 0.6 is 0 Å². The van der Waals surface area contributed by atoms with Crippen molar-refractivity contribution in [3.05, 3.63) is 41.5 Å². The lowest BCUT2D eigenvalue weighted by atomic mass is 9.98. The second-order valence-electron chi connectivity index (χ2n) is 6.52. The number of nitrogens with zero attached hydrogens (tertiary/aromatic N) is 6. The van der Waals surface area contributed by atoms with Crippen molar-refractivity contribution in [2.45, 2.75) is 12.5 Å². The van der Waals surface area contributed by atoms with E-state index in [2.05, 4.69) is 20.2 Å². The average Bonchev–Trinajstić information content (AvgIpc) is 2.99. The summed E-state index contributed by atoms with van der Waals surface area (Å²) in [4.78, 5) is 20.8. The lowest BCUT2D eigenvalue weighted by Crippen LogP contribution is -2.40. The van der Waals surface area contributed by atoms with E-state index in [1.807, 2.05) is 27.2 Å². The van der Waals surface area contributed by atoms with Crippen molar-refractivity contribution in [1.29, 1.82) is 0 Å². The first-order valence-electron chi connectivity index (χ1n) is 8.37. The van der Waals surface area contributed by atoms with Gasteiger partial charge in [-0.3, -0.25) is 14.5 Å². The van der Waals surface area contributed by atoms with Crippen molar-refractivity contribution in [3.8, 4) is 0 Å². The van der Waals surface area contributed by atoms with Crippen LogP contribution in [0.3, 0.4) is 0 Å². The van der Waals surface area contributed by atoms with Gasteiger partial charge >= 0.3 is 0 Å². The second kappa shape index (κ2) is 7.71. The number of pyridine rings is 1. The van der Waals surface area contributed by atoms with Gasteiger partial charge in [-0.15, -0.1) is 5.10 Å². The van der Waals surface area contributed by atoms with E-state index in [-0.39, 0.29) is 11.8 Å². The zero-order valence-electron chi connectivity index (χ0n) is 14.9. The molecule has 0 saturated carbocycles. The number of hydrogen-bond acceptors (Lipinski definition) is 6. The Balaban J connectivity index is 1.73. The van der Waals surface area contributed by atoms with Gasteiger partial charge in [-0.05, 0) is 26.2 Å². The zero-order valence-corrected chi connectivity index (χ0v) is 14.9. The van der Waals surface area contributed by atoms with Crippen LogP contribution in [0.1, 0.15) is 27.8 Å². The summed E-state index contributed by atoms with van der Waals surface area (Å²) in [5.41, 5.74) is 2.33. The van der Waals surface area contributed by atoms with Crippen LogP contribution in [0.4, 0.5) is 0 Å². The molecular formula is C17H24N6O2. The van der Waals surface area contributed by atoms with Gasteiger partial charge < -0.3 is 14.5 Å². The Bertz CT molecular complexity index is 715. The Kier molecular flexibility index (Phi) is 5.40. The minimum Gasteiger partial charge on any atom is -0.379 e. The van der Waals surface area contributed by atoms with E-state index in [1.165, 1.54) is 0 Å². The molecule has 0 aromatic carbocycles. The first-order valence-corrected chi connectivity index (χ1v) is 8.37. The van der Waals surface area contributed by atoms with Crippen molar-refractivity contribution in [3.63, 3.8) is 0 Å². The monoisotopic (exact) mass is 344 g/mol. The molecule has 1 amide bonds. The van der Waals surface area contributed by atoms with Crippen molar-refractivity contribution in [2.24, 2.45) is 7.05 Å². The Labute approximate surface area is 147 Å². The van der Waals surface area contributed by atoms with Crippen LogP contribution in [-0.4, -0.2) is 76.1 Å². The largest absolute Gasteiger partial charge is 0.379 e. The van der Waals surface area contributed by atoms with Gasteiger partial charge in [-0.2, -0.15) is 0 Å². The maximum atomic E-state index is 12.7. The van der Waals surface area contributed by atoms with Crippen molar-refractivity contribution in [1.82, 2.24) is 29.8 Å². The molecule has 0 bridgehead atoms. The highest BCUT2D eigenvalue weighted by molar-refractivity contribution is 5.92. The summed E-state index contributed by atoms with van der Waals surface area (Å²) in [6.07, 6.45) is 1.63. The topological polar surface area (TPSA) is 76.4 Å². The molecule has 0 fully saturated rings. The highest BCUT2D eigenvalue weighted by Crippen LogP contribution is 2.27. The summed E-state index contributed by atoms with van der Waals surface area (Å²) in [6, 6.07) is 5.35. The highest BCUT2D eigenvalue weighted by Gasteiger charge is 2.33. The molecule has 25 heavy (non-hydrogen) atoms. The number of likely N-dealkylation sites (N-methyl/N-ethyl adjacent to an activating group) is 1. The fourth-order valence-electron chi connectivity index (χ4n) is 3.03. The molecule has 2 aromatic rings. The third-order valence-corrected chi connectivity index (χ3v) is 4.29. The van der Waals surface area contributed by atoms with Crippen LogP contribution in [-0.2, 0) is 18.3 Å². The Hall–Kier alpha value is -2.32. The summed E-state index contributed by atoms with van der Waals surface area (Å²) >= 11 is 0. The fraction of sp³-hybridized carbons (Fsp3) is 0.529. The average molecular weight is 344 g/mol. The van der Waals surface area contributed by atoms with Crippen LogP contribution in [0.25, 0.3) is 0 Å². The number of aromatic nitrogens is 4. The molecule has 8 heteroatoms. The molecule has 1 aliphatic heterocycles. The van der Waals surface area contributed by atoms with E-state index in [4.69, 9.17) is 4.74 Å². The maximum absolute atomic E-state index is 12.7. The fourth-order valence-corrected chi connectivity index (χ4v) is 3.03. The van der Waals surface area contributed by atoms with E-state index in [1.54, 1.807) is 27.9 Å². The van der Waals surface area contributed by atoms with Crippen LogP contribution in [0.2, 0.25) is 0 Å². The Morgan fingerprint density at radius 1 is 1.40 bits per heavy atom. The molecule has 0 N–H and O–H groups in total. The van der Waals surface area contributed by atoms with Gasteiger partial charge in [0.05, 0.1) is 25.5 Å². The molecule has 8 nitrogen and oxygen atoms in total. The van der Waals surface area contributed by atoms with Gasteiger partial charge in [0.1, 0.15) is 11.4 Å². The maximum Gasteiger partial charge on any atom is 0.272 e. The number of aryl methyl sites for hydroxylation is 1. The van der Waals surface area contributed by atoms with Crippen LogP contribution in [0.5, 0.6) is 0 Å². The van der Waals surface area contributed by atoms with E-state index in [0.717, 1.165) is 17.9 Å². The molecule has 134 valence electrons. The third-order valence-electron chi connectivity index (χ3n) is 4.29. The molecule has 0 aliphatic carbocycles. The first kappa shape index (κ1) is 17.5. The summed E-state index contributed by atoms with van der Waals surface area (Å²) in [6.45, 7) is 3.07. The summed E-state index contributed by atoms with van der Waals surface area (Å²) in [5, 5.41) is 8.34. The minimum atomic E-state index is -0.0878. The van der Waals surface area contributed by atoms with E-state index >= 15 is 0 Å². The Morgan fingerprint density at radius 3 is 2.96 bits per heavy atom. The van der Waals surface area contributed by atoms with Crippen LogP contribution < -0.4 is 0 Å². The summed E-state index contributed by atoms with van der Waals surface area (Å²) in [5.74, 6) is -0.0335. The van der Waals surface area contributed by atoms with Gasteiger partial charge in [0.2, 0.25) is 0 Å². The highest BCUT2D eigenvalue weighted by atomic mass is 16.5. The van der Waals surface area contributed by atoms with E-state index in [9.17, 15) is 4.79 Å². The molecule has 0 saturated heterocycles. The molecule has 1 aliphatic rings. The number of carbonyl (C=O) groups excluding carboxylic acids is 1. The number of hydrogen-bond donors (Lipinski definition) is 0. The lowest BCUT2D eigenvalue weighted by Gasteiger charge is -2.32. The zero-order chi connectivity index (χ0) is 17.8. The van der Waals surface area contributed by atoms with Crippen molar-refractivity contribution >= 4 is 5.91 Å². The minimum absolute atomic E-state index is 0.0542. The van der Waals surface area contributed by atoms with E-state index in [0.29, 0.717) is 32.0 Å². The predicted octanol–water partition coefficient (Wildman–Crippen LogP) is 0.528. The third kappa shape index (κ3) is 4.02. The van der Waals surface area contributed by atoms with Gasteiger partial charge in [0.15, 0.2) is 0 Å². The molecular weight excluding hydrogens is 320 g/mol. The van der Waals surface area contributed by atoms with Gasteiger partial charge in [0.25, 0.3) is 5.91 Å². The van der Waals surface area contributed by atoms with Crippen molar-refractivity contribution in [2.75, 3.05) is 40.4 Å². The normalized spacial score (nSPS) is 17.0. The lowest BCUT2D eigenvalue weighted by molar-refractivity contribution is 0.0608. The van der Waals surface area contributed by atoms with Crippen LogP contribution in [0, 0.1) is 0 Å². The molecule has 0 radical (unpaired) electrons. The molecule has 0 spiro atoms. The summed E-state index contributed by atoms with van der Waals surface area (Å²) in [7, 11) is 5.91. The molecule has 3 rings (SSSR count). The molecule has 1 atom stereocenters. The van der Waals surface area contributed by atoms with E-state index < -0.39 is 0 Å². The van der Waals surface area contributed by atoms with Gasteiger partial charge in [-0.1, -0.05) is 11.3 Å². The number of carbonyl (C=O) groups is 1. The summed E-state index contributed by atoms with van der Waals surface area (Å²) < 4.78 is 7.62. The van der Waals surface area contributed by atoms with Crippen molar-refractivity contribution < 1.29 is 9.53 Å². The Morgan fingerprint density at radius 2 is 2.24 bits per heavy atom.